The van der Waals surface area contributed by atoms with Gasteiger partial charge in [0.2, 0.25) is 5.91 Å². The summed E-state index contributed by atoms with van der Waals surface area (Å²) >= 11 is 0. The Morgan fingerprint density at radius 3 is 2.42 bits per heavy atom. The Morgan fingerprint density at radius 2 is 1.84 bits per heavy atom. The number of ketones is 1. The number of Topliss-reactive ketones (excluding diaryl/α,β-unsaturated/α-hetero) is 1. The summed E-state index contributed by atoms with van der Waals surface area (Å²) in [5.74, 6) is -0.516. The zero-order valence-electron chi connectivity index (χ0n) is 17.2. The van der Waals surface area contributed by atoms with Gasteiger partial charge in [0.15, 0.2) is 12.4 Å². The number of carbonyl (C=O) groups is 3. The van der Waals surface area contributed by atoms with Crippen molar-refractivity contribution >= 4 is 29.4 Å². The molecule has 3 rings (SSSR count). The van der Waals surface area contributed by atoms with Gasteiger partial charge in [-0.25, -0.2) is 4.79 Å². The Labute approximate surface area is 180 Å². The molecule has 0 radical (unpaired) electrons. The van der Waals surface area contributed by atoms with Crippen LogP contribution in [0.2, 0.25) is 0 Å². The van der Waals surface area contributed by atoms with Crippen LogP contribution in [0.3, 0.4) is 0 Å². The average molecular weight is 418 g/mol. The summed E-state index contributed by atoms with van der Waals surface area (Å²) in [6.07, 6.45) is 2.74. The first kappa shape index (κ1) is 21.8. The molecule has 1 heterocycles. The molecule has 0 aromatic heterocycles. The van der Waals surface area contributed by atoms with Crippen molar-refractivity contribution in [2.75, 3.05) is 24.7 Å². The molecule has 2 aromatic carbocycles. The highest BCUT2D eigenvalue weighted by Gasteiger charge is 2.22. The Balaban J connectivity index is 1.58. The van der Waals surface area contributed by atoms with Gasteiger partial charge in [-0.1, -0.05) is 12.1 Å². The molecule has 1 fully saturated rings. The van der Waals surface area contributed by atoms with E-state index in [1.807, 2.05) is 6.92 Å². The molecule has 0 saturated carbocycles. The number of amides is 1. The molecular formula is C24H22N2O5. The zero-order chi connectivity index (χ0) is 22.2. The van der Waals surface area contributed by atoms with Gasteiger partial charge in [0.25, 0.3) is 0 Å². The minimum absolute atomic E-state index is 0.0661. The quantitative estimate of drug-likeness (QED) is 0.282. The first-order valence-corrected chi connectivity index (χ1v) is 9.97. The van der Waals surface area contributed by atoms with Gasteiger partial charge in [-0.3, -0.25) is 9.59 Å². The molecule has 0 atom stereocenters. The summed E-state index contributed by atoms with van der Waals surface area (Å²) in [6, 6.07) is 15.3. The monoisotopic (exact) mass is 418 g/mol. The van der Waals surface area contributed by atoms with Crippen molar-refractivity contribution in [2.45, 2.75) is 19.8 Å². The lowest BCUT2D eigenvalue weighted by Crippen LogP contribution is -2.23. The van der Waals surface area contributed by atoms with Crippen molar-refractivity contribution < 1.29 is 23.9 Å². The van der Waals surface area contributed by atoms with Crippen LogP contribution in [0.5, 0.6) is 5.75 Å². The van der Waals surface area contributed by atoms with Crippen molar-refractivity contribution in [3.63, 3.8) is 0 Å². The second-order valence-electron chi connectivity index (χ2n) is 6.87. The Kier molecular flexibility index (Phi) is 7.17. The Morgan fingerprint density at radius 1 is 1.13 bits per heavy atom. The predicted octanol–water partition coefficient (Wildman–Crippen LogP) is 3.55. The summed E-state index contributed by atoms with van der Waals surface area (Å²) in [5.41, 5.74) is 1.52. The van der Waals surface area contributed by atoms with E-state index in [0.29, 0.717) is 36.4 Å². The molecule has 31 heavy (non-hydrogen) atoms. The number of esters is 1. The van der Waals surface area contributed by atoms with Gasteiger partial charge in [-0.15, -0.1) is 0 Å². The molecule has 1 amide bonds. The smallest absolute Gasteiger partial charge is 0.349 e. The van der Waals surface area contributed by atoms with Crippen LogP contribution in [0, 0.1) is 11.3 Å². The molecule has 0 spiro atoms. The number of ether oxygens (including phenoxy) is 2. The average Bonchev–Trinajstić information content (AvgIpc) is 3.22. The second kappa shape index (κ2) is 10.2. The summed E-state index contributed by atoms with van der Waals surface area (Å²) in [6.45, 7) is 2.60. The lowest BCUT2D eigenvalue weighted by molar-refractivity contribution is -0.137. The minimum atomic E-state index is -0.871. The third-order valence-corrected chi connectivity index (χ3v) is 4.75. The van der Waals surface area contributed by atoms with E-state index in [4.69, 9.17) is 9.47 Å². The van der Waals surface area contributed by atoms with Crippen LogP contribution in [0.4, 0.5) is 5.69 Å². The number of hydrogen-bond acceptors (Lipinski definition) is 6. The predicted molar refractivity (Wildman–Crippen MR) is 115 cm³/mol. The SMILES string of the molecule is CCOc1ccc(/C=C(\C#N)C(=O)OCC(=O)c2ccc(N3CCCC3=O)cc2)cc1. The normalized spacial score (nSPS) is 13.6. The highest BCUT2D eigenvalue weighted by atomic mass is 16.5. The van der Waals surface area contributed by atoms with Crippen LogP contribution < -0.4 is 9.64 Å². The van der Waals surface area contributed by atoms with Gasteiger partial charge in [0.05, 0.1) is 6.61 Å². The lowest BCUT2D eigenvalue weighted by atomic mass is 10.1. The lowest BCUT2D eigenvalue weighted by Gasteiger charge is -2.15. The van der Waals surface area contributed by atoms with E-state index in [0.717, 1.165) is 12.1 Å². The summed E-state index contributed by atoms with van der Waals surface area (Å²) in [5, 5.41) is 9.27. The number of nitrogens with zero attached hydrogens (tertiary/aromatic N) is 2. The molecule has 0 N–H and O–H groups in total. The van der Waals surface area contributed by atoms with Gasteiger partial charge >= 0.3 is 5.97 Å². The third kappa shape index (κ3) is 5.58. The molecule has 1 aliphatic heterocycles. The number of nitriles is 1. The fourth-order valence-corrected chi connectivity index (χ4v) is 3.17. The van der Waals surface area contributed by atoms with Gasteiger partial charge < -0.3 is 14.4 Å². The van der Waals surface area contributed by atoms with E-state index in [1.165, 1.54) is 6.08 Å². The van der Waals surface area contributed by atoms with E-state index in [-0.39, 0.29) is 11.5 Å². The van der Waals surface area contributed by atoms with Crippen molar-refractivity contribution in [3.05, 3.63) is 65.2 Å². The second-order valence-corrected chi connectivity index (χ2v) is 6.87. The topological polar surface area (TPSA) is 96.7 Å². The van der Waals surface area contributed by atoms with E-state index in [1.54, 1.807) is 59.5 Å². The van der Waals surface area contributed by atoms with Gasteiger partial charge in [0, 0.05) is 24.2 Å². The van der Waals surface area contributed by atoms with Crippen LogP contribution in [0.25, 0.3) is 6.08 Å². The van der Waals surface area contributed by atoms with Crippen molar-refractivity contribution in [3.8, 4) is 11.8 Å². The van der Waals surface area contributed by atoms with Crippen molar-refractivity contribution in [1.82, 2.24) is 0 Å². The van der Waals surface area contributed by atoms with Crippen molar-refractivity contribution in [1.29, 1.82) is 5.26 Å². The number of anilines is 1. The Bertz CT molecular complexity index is 1030. The molecule has 1 saturated heterocycles. The van der Waals surface area contributed by atoms with Crippen LogP contribution in [0.1, 0.15) is 35.7 Å². The molecular weight excluding hydrogens is 396 g/mol. The third-order valence-electron chi connectivity index (χ3n) is 4.75. The molecule has 7 heteroatoms. The summed E-state index contributed by atoms with van der Waals surface area (Å²) in [7, 11) is 0. The molecule has 1 aliphatic rings. The molecule has 158 valence electrons. The van der Waals surface area contributed by atoms with E-state index >= 15 is 0 Å². The standard InChI is InChI=1S/C24H22N2O5/c1-2-30-21-11-5-17(6-12-21)14-19(15-25)24(29)31-16-22(27)18-7-9-20(10-8-18)26-13-3-4-23(26)28/h5-12,14H,2-4,13,16H2,1H3/b19-14+. The maximum Gasteiger partial charge on any atom is 0.349 e. The first-order chi connectivity index (χ1) is 15.0. The molecule has 0 unspecified atom stereocenters. The van der Waals surface area contributed by atoms with E-state index < -0.39 is 18.4 Å². The highest BCUT2D eigenvalue weighted by Crippen LogP contribution is 2.22. The van der Waals surface area contributed by atoms with Crippen molar-refractivity contribution in [2.24, 2.45) is 0 Å². The number of carbonyl (C=O) groups excluding carboxylic acids is 3. The van der Waals surface area contributed by atoms with E-state index in [9.17, 15) is 19.6 Å². The minimum Gasteiger partial charge on any atom is -0.494 e. The van der Waals surface area contributed by atoms with Gasteiger partial charge in [-0.05, 0) is 61.4 Å². The van der Waals surface area contributed by atoms with E-state index in [2.05, 4.69) is 0 Å². The summed E-state index contributed by atoms with van der Waals surface area (Å²) < 4.78 is 10.4. The maximum absolute atomic E-state index is 12.3. The number of hydrogen-bond donors (Lipinski definition) is 0. The van der Waals surface area contributed by atoms with Crippen LogP contribution in [-0.4, -0.2) is 37.4 Å². The number of benzene rings is 2. The van der Waals surface area contributed by atoms with Crippen LogP contribution >= 0.6 is 0 Å². The fourth-order valence-electron chi connectivity index (χ4n) is 3.17. The summed E-state index contributed by atoms with van der Waals surface area (Å²) in [4.78, 5) is 38.0. The van der Waals surface area contributed by atoms with Crippen LogP contribution in [-0.2, 0) is 14.3 Å². The maximum atomic E-state index is 12.3. The molecule has 0 aliphatic carbocycles. The zero-order valence-corrected chi connectivity index (χ0v) is 17.2. The number of rotatable bonds is 8. The molecule has 0 bridgehead atoms. The first-order valence-electron chi connectivity index (χ1n) is 9.97. The Hall–Kier alpha value is -3.92. The van der Waals surface area contributed by atoms with Crippen LogP contribution in [0.15, 0.2) is 54.1 Å². The van der Waals surface area contributed by atoms with Gasteiger partial charge in [-0.2, -0.15) is 5.26 Å². The highest BCUT2D eigenvalue weighted by molar-refractivity contribution is 6.02. The molecule has 7 nitrogen and oxygen atoms in total. The largest absolute Gasteiger partial charge is 0.494 e. The fraction of sp³-hybridized carbons (Fsp3) is 0.250. The van der Waals surface area contributed by atoms with Gasteiger partial charge in [0.1, 0.15) is 17.4 Å². The molecule has 2 aromatic rings.